The van der Waals surface area contributed by atoms with Crippen LogP contribution in [0.2, 0.25) is 0 Å². The maximum absolute atomic E-state index is 14.1. The fourth-order valence-electron chi connectivity index (χ4n) is 6.62. The van der Waals surface area contributed by atoms with Crippen LogP contribution in [0.15, 0.2) is 43.0 Å². The zero-order chi connectivity index (χ0) is 28.6. The number of fused-ring (bicyclic) bond motifs is 3. The Balaban J connectivity index is 1.07. The highest BCUT2D eigenvalue weighted by atomic mass is 19.2. The smallest absolute Gasteiger partial charge is 0.258 e. The second-order valence-electron chi connectivity index (χ2n) is 11.2. The number of rotatable bonds is 10. The van der Waals surface area contributed by atoms with E-state index in [2.05, 4.69) is 6.58 Å². The molecule has 212 valence electrons. The third kappa shape index (κ3) is 5.57. The minimum atomic E-state index is -1.22. The Labute approximate surface area is 232 Å². The Hall–Kier alpha value is -3.46. The van der Waals surface area contributed by atoms with E-state index < -0.39 is 23.5 Å². The molecule has 0 spiro atoms. The first-order chi connectivity index (χ1) is 19.1. The summed E-state index contributed by atoms with van der Waals surface area (Å²) >= 11 is 0. The number of carbonyl (C=O) groups is 3. The number of nitrogens with zero attached hydrogens (tertiary/aromatic N) is 2. The lowest BCUT2D eigenvalue weighted by molar-refractivity contribution is -0.136. The molecule has 2 saturated heterocycles. The second kappa shape index (κ2) is 11.6. The molecule has 3 unspecified atom stereocenters. The molecule has 2 amide bonds. The Bertz CT molecular complexity index is 1300. The molecule has 0 saturated carbocycles. The molecule has 0 radical (unpaired) electrons. The summed E-state index contributed by atoms with van der Waals surface area (Å²) in [5.41, 5.74) is 8.45. The predicted octanol–water partition coefficient (Wildman–Crippen LogP) is 5.00. The van der Waals surface area contributed by atoms with Gasteiger partial charge in [-0.2, -0.15) is 0 Å². The summed E-state index contributed by atoms with van der Waals surface area (Å²) in [6.45, 7) is 4.27. The van der Waals surface area contributed by atoms with Crippen LogP contribution in [0.5, 0.6) is 0 Å². The summed E-state index contributed by atoms with van der Waals surface area (Å²) in [6, 6.07) is 8.34. The van der Waals surface area contributed by atoms with Gasteiger partial charge in [-0.15, -0.1) is 0 Å². The number of ketones is 1. The fourth-order valence-corrected chi connectivity index (χ4v) is 6.62. The maximum Gasteiger partial charge on any atom is 0.258 e. The molecule has 2 aromatic carbocycles. The molecule has 6 nitrogen and oxygen atoms in total. The van der Waals surface area contributed by atoms with Crippen LogP contribution >= 0.6 is 0 Å². The number of hydrogen-bond donors (Lipinski definition) is 1. The first-order valence-corrected chi connectivity index (χ1v) is 14.0. The predicted molar refractivity (Wildman–Crippen MR) is 144 cm³/mol. The number of hydrogen-bond acceptors (Lipinski definition) is 4. The van der Waals surface area contributed by atoms with Crippen molar-refractivity contribution < 1.29 is 27.6 Å². The molecule has 2 bridgehead atoms. The Morgan fingerprint density at radius 1 is 0.950 bits per heavy atom. The minimum absolute atomic E-state index is 0.00136. The van der Waals surface area contributed by atoms with Crippen LogP contribution in [0.3, 0.4) is 0 Å². The maximum atomic E-state index is 14.1. The zero-order valence-corrected chi connectivity index (χ0v) is 22.4. The van der Waals surface area contributed by atoms with Crippen LogP contribution in [0.25, 0.3) is 5.70 Å². The van der Waals surface area contributed by atoms with E-state index in [1.807, 2.05) is 17.0 Å². The van der Waals surface area contributed by atoms with Gasteiger partial charge in [0.1, 0.15) is 11.6 Å². The third-order valence-electron chi connectivity index (χ3n) is 8.71. The third-order valence-corrected chi connectivity index (χ3v) is 8.71. The van der Waals surface area contributed by atoms with E-state index in [-0.39, 0.29) is 73.4 Å². The van der Waals surface area contributed by atoms with Crippen LogP contribution in [-0.2, 0) is 16.0 Å². The summed E-state index contributed by atoms with van der Waals surface area (Å²) in [5.74, 6) is -3.19. The van der Waals surface area contributed by atoms with Gasteiger partial charge in [0.25, 0.3) is 5.91 Å². The van der Waals surface area contributed by atoms with Crippen molar-refractivity contribution in [3.63, 3.8) is 0 Å². The summed E-state index contributed by atoms with van der Waals surface area (Å²) in [7, 11) is 0. The van der Waals surface area contributed by atoms with E-state index in [0.29, 0.717) is 36.6 Å². The molecule has 3 heterocycles. The molecule has 2 fully saturated rings. The highest BCUT2D eigenvalue weighted by molar-refractivity contribution is 6.08. The zero-order valence-electron chi connectivity index (χ0n) is 22.4. The number of carbonyl (C=O) groups excluding carboxylic acids is 3. The number of Topliss-reactive ketones (excluding diaryl/α,β-unsaturated/α-hetero) is 1. The van der Waals surface area contributed by atoms with Gasteiger partial charge in [-0.1, -0.05) is 24.8 Å². The van der Waals surface area contributed by atoms with Gasteiger partial charge in [0, 0.05) is 66.8 Å². The van der Waals surface area contributed by atoms with E-state index in [1.54, 1.807) is 17.0 Å². The van der Waals surface area contributed by atoms with Gasteiger partial charge in [0.2, 0.25) is 5.91 Å². The molecular weight excluding hydrogens is 519 g/mol. The van der Waals surface area contributed by atoms with E-state index in [0.717, 1.165) is 24.5 Å². The van der Waals surface area contributed by atoms with Gasteiger partial charge in [-0.05, 0) is 62.1 Å². The number of piperidine rings is 1. The normalized spacial score (nSPS) is 22.6. The fraction of sp³-hybridized carbons (Fsp3) is 0.452. The highest BCUT2D eigenvalue weighted by Gasteiger charge is 2.44. The number of amides is 2. The average molecular weight is 554 g/mol. The SMILES string of the molecule is C=C1c2ccccc2C(=O)N1CCC(=O)CCCC(=O)N1C2CCC1CC(C(N)Cc1cc(F)c(F)cc1F)C2. The van der Waals surface area contributed by atoms with Crippen molar-refractivity contribution in [2.24, 2.45) is 11.7 Å². The molecule has 5 rings (SSSR count). The molecule has 2 N–H and O–H groups in total. The quantitative estimate of drug-likeness (QED) is 0.420. The average Bonchev–Trinajstić information content (AvgIpc) is 3.34. The monoisotopic (exact) mass is 553 g/mol. The van der Waals surface area contributed by atoms with Crippen molar-refractivity contribution in [3.8, 4) is 0 Å². The summed E-state index contributed by atoms with van der Waals surface area (Å²) in [5, 5.41) is 0. The van der Waals surface area contributed by atoms with Crippen molar-refractivity contribution in [3.05, 3.63) is 77.1 Å². The molecule has 0 aliphatic carbocycles. The van der Waals surface area contributed by atoms with Crippen molar-refractivity contribution in [2.75, 3.05) is 6.54 Å². The van der Waals surface area contributed by atoms with Crippen molar-refractivity contribution in [1.29, 1.82) is 0 Å². The lowest BCUT2D eigenvalue weighted by Gasteiger charge is -2.41. The van der Waals surface area contributed by atoms with Gasteiger partial charge in [0.15, 0.2) is 11.6 Å². The van der Waals surface area contributed by atoms with E-state index in [1.165, 1.54) is 0 Å². The number of benzene rings is 2. The molecule has 40 heavy (non-hydrogen) atoms. The Morgan fingerprint density at radius 3 is 2.27 bits per heavy atom. The standard InChI is InChI=1S/C31H34F3N3O3/c1-18-24-6-2-3-7-25(24)31(40)36(18)12-11-23(38)5-4-8-30(39)37-21-9-10-22(37)14-20(13-21)29(35)16-19-15-27(33)28(34)17-26(19)32/h2-3,6-7,15,17,20-22,29H,1,4-5,8-14,16,35H2. The van der Waals surface area contributed by atoms with Gasteiger partial charge >= 0.3 is 0 Å². The molecular formula is C31H34F3N3O3. The molecule has 9 heteroatoms. The largest absolute Gasteiger partial charge is 0.337 e. The van der Waals surface area contributed by atoms with Crippen LogP contribution in [0.1, 0.15) is 72.9 Å². The van der Waals surface area contributed by atoms with Crippen LogP contribution in [-0.4, -0.2) is 52.1 Å². The summed E-state index contributed by atoms with van der Waals surface area (Å²) in [6.07, 6.45) is 4.41. The van der Waals surface area contributed by atoms with Crippen molar-refractivity contribution >= 4 is 23.3 Å². The topological polar surface area (TPSA) is 83.7 Å². The van der Waals surface area contributed by atoms with Gasteiger partial charge in [-0.25, -0.2) is 13.2 Å². The Kier molecular flexibility index (Phi) is 8.12. The molecule has 0 aromatic heterocycles. The lowest BCUT2D eigenvalue weighted by atomic mass is 9.82. The first kappa shape index (κ1) is 28.1. The number of nitrogens with two attached hydrogens (primary N) is 1. The van der Waals surface area contributed by atoms with E-state index >= 15 is 0 Å². The van der Waals surface area contributed by atoms with Crippen molar-refractivity contribution in [2.45, 2.75) is 75.9 Å². The van der Waals surface area contributed by atoms with E-state index in [4.69, 9.17) is 5.73 Å². The van der Waals surface area contributed by atoms with Crippen molar-refractivity contribution in [1.82, 2.24) is 9.80 Å². The van der Waals surface area contributed by atoms with Crippen LogP contribution < -0.4 is 5.73 Å². The van der Waals surface area contributed by atoms with Gasteiger partial charge < -0.3 is 15.5 Å². The van der Waals surface area contributed by atoms with Gasteiger partial charge in [-0.3, -0.25) is 14.4 Å². The first-order valence-electron chi connectivity index (χ1n) is 14.0. The molecule has 2 aromatic rings. The molecule has 3 aliphatic rings. The second-order valence-corrected chi connectivity index (χ2v) is 11.2. The molecule has 3 aliphatic heterocycles. The van der Waals surface area contributed by atoms with Gasteiger partial charge in [0.05, 0.1) is 0 Å². The Morgan fingerprint density at radius 2 is 1.60 bits per heavy atom. The highest BCUT2D eigenvalue weighted by Crippen LogP contribution is 2.40. The lowest BCUT2D eigenvalue weighted by Crippen LogP contribution is -2.50. The minimum Gasteiger partial charge on any atom is -0.337 e. The number of halogens is 3. The van der Waals surface area contributed by atoms with Crippen LogP contribution in [0.4, 0.5) is 13.2 Å². The molecule has 3 atom stereocenters. The van der Waals surface area contributed by atoms with E-state index in [9.17, 15) is 27.6 Å². The summed E-state index contributed by atoms with van der Waals surface area (Å²) in [4.78, 5) is 41.7. The van der Waals surface area contributed by atoms with Crippen LogP contribution in [0, 0.1) is 23.4 Å². The summed E-state index contributed by atoms with van der Waals surface area (Å²) < 4.78 is 41.0.